The summed E-state index contributed by atoms with van der Waals surface area (Å²) < 4.78 is 2.16. The second-order valence-electron chi connectivity index (χ2n) is 7.75. The Bertz CT molecular complexity index is 991. The minimum atomic E-state index is -0.932. The Morgan fingerprint density at radius 1 is 1.17 bits per heavy atom. The second kappa shape index (κ2) is 8.35. The Morgan fingerprint density at radius 2 is 1.90 bits per heavy atom. The molecule has 3 aromatic rings. The lowest BCUT2D eigenvalue weighted by atomic mass is 9.87. The molecule has 4 rings (SSSR count). The van der Waals surface area contributed by atoms with E-state index < -0.39 is 12.1 Å². The molecule has 0 radical (unpaired) electrons. The summed E-state index contributed by atoms with van der Waals surface area (Å²) >= 11 is 0. The number of imidazole rings is 1. The van der Waals surface area contributed by atoms with E-state index in [1.807, 2.05) is 36.4 Å². The third-order valence-electron chi connectivity index (χ3n) is 5.98. The molecule has 2 aromatic carbocycles. The maximum atomic E-state index is 11.2. The average Bonchev–Trinajstić information content (AvgIpc) is 3.10. The van der Waals surface area contributed by atoms with Gasteiger partial charge in [0.15, 0.2) is 0 Å². The first kappa shape index (κ1) is 19.6. The number of rotatable bonds is 6. The van der Waals surface area contributed by atoms with E-state index in [1.54, 1.807) is 12.1 Å². The smallest absolute Gasteiger partial charge is 0.335 e. The molecule has 1 atom stereocenters. The molecule has 152 valence electrons. The Labute approximate surface area is 170 Å². The van der Waals surface area contributed by atoms with Crippen LogP contribution in [0.2, 0.25) is 0 Å². The zero-order valence-electron chi connectivity index (χ0n) is 16.7. The number of fused-ring (bicyclic) bond motifs is 1. The van der Waals surface area contributed by atoms with E-state index >= 15 is 0 Å². The van der Waals surface area contributed by atoms with Crippen molar-refractivity contribution in [1.29, 1.82) is 0 Å². The zero-order chi connectivity index (χ0) is 20.4. The summed E-state index contributed by atoms with van der Waals surface area (Å²) in [6.45, 7) is 5.45. The van der Waals surface area contributed by atoms with Gasteiger partial charge >= 0.3 is 5.97 Å². The largest absolute Gasteiger partial charge is 0.478 e. The Balaban J connectivity index is 1.45. The van der Waals surface area contributed by atoms with Crippen LogP contribution in [-0.4, -0.2) is 43.7 Å². The number of nitrogens with zero attached hydrogens (tertiary/aromatic N) is 3. The molecule has 0 spiro atoms. The van der Waals surface area contributed by atoms with Gasteiger partial charge in [-0.2, -0.15) is 0 Å². The first-order chi connectivity index (χ1) is 14.1. The highest BCUT2D eigenvalue weighted by molar-refractivity contribution is 5.92. The number of aliphatic hydroxyl groups is 1. The third kappa shape index (κ3) is 4.04. The lowest BCUT2D eigenvalue weighted by Gasteiger charge is -2.34. The quantitative estimate of drug-likeness (QED) is 0.668. The monoisotopic (exact) mass is 393 g/mol. The number of hydrogen-bond acceptors (Lipinski definition) is 4. The van der Waals surface area contributed by atoms with Crippen LogP contribution < -0.4 is 0 Å². The number of carbonyl (C=O) groups is 1. The van der Waals surface area contributed by atoms with Crippen LogP contribution in [-0.2, 0) is 13.1 Å². The van der Waals surface area contributed by atoms with E-state index in [9.17, 15) is 15.0 Å². The van der Waals surface area contributed by atoms with E-state index in [1.165, 1.54) is 0 Å². The van der Waals surface area contributed by atoms with Crippen LogP contribution >= 0.6 is 0 Å². The van der Waals surface area contributed by atoms with E-state index in [0.29, 0.717) is 0 Å². The van der Waals surface area contributed by atoms with Crippen molar-refractivity contribution in [2.75, 3.05) is 13.1 Å². The summed E-state index contributed by atoms with van der Waals surface area (Å²) in [5.41, 5.74) is 2.96. The average molecular weight is 393 g/mol. The molecule has 1 fully saturated rings. The molecule has 2 N–H and O–H groups in total. The van der Waals surface area contributed by atoms with Gasteiger partial charge in [-0.3, -0.25) is 4.90 Å². The number of aryl methyl sites for hydroxylation is 1. The minimum absolute atomic E-state index is 0.264. The molecule has 0 bridgehead atoms. The Morgan fingerprint density at radius 3 is 2.55 bits per heavy atom. The summed E-state index contributed by atoms with van der Waals surface area (Å²) in [7, 11) is 0. The molecular formula is C23H27N3O3. The van der Waals surface area contributed by atoms with Crippen molar-refractivity contribution in [3.05, 3.63) is 65.5 Å². The zero-order valence-corrected chi connectivity index (χ0v) is 16.7. The number of carboxylic acids is 1. The van der Waals surface area contributed by atoms with Crippen LogP contribution in [0.15, 0.2) is 48.5 Å². The Kier molecular flexibility index (Phi) is 5.65. The summed E-state index contributed by atoms with van der Waals surface area (Å²) in [5.74, 6) is 0.308. The van der Waals surface area contributed by atoms with Crippen LogP contribution in [0.1, 0.15) is 47.6 Å². The molecule has 0 saturated carbocycles. The standard InChI is InChI=1S/C23H27N3O3/c1-2-26-20-9-8-18(23(28)29)14-19(20)24-21(26)15-25-12-10-17(11-13-25)22(27)16-6-4-3-5-7-16/h3-9,14,17,22,27H,2,10-13,15H2,1H3,(H,28,29). The molecule has 0 amide bonds. The lowest BCUT2D eigenvalue weighted by Crippen LogP contribution is -2.35. The molecule has 1 unspecified atom stereocenters. The van der Waals surface area contributed by atoms with E-state index in [0.717, 1.165) is 61.4 Å². The van der Waals surface area contributed by atoms with Crippen LogP contribution in [0.25, 0.3) is 11.0 Å². The molecule has 2 heterocycles. The second-order valence-corrected chi connectivity index (χ2v) is 7.75. The van der Waals surface area contributed by atoms with Gasteiger partial charge in [0.2, 0.25) is 0 Å². The number of aliphatic hydroxyl groups excluding tert-OH is 1. The van der Waals surface area contributed by atoms with Crippen LogP contribution in [0, 0.1) is 5.92 Å². The van der Waals surface area contributed by atoms with Gasteiger partial charge < -0.3 is 14.8 Å². The molecule has 1 saturated heterocycles. The SMILES string of the molecule is CCn1c(CN2CCC(C(O)c3ccccc3)CC2)nc2cc(C(=O)O)ccc21. The Hall–Kier alpha value is -2.70. The number of hydrogen-bond donors (Lipinski definition) is 2. The van der Waals surface area contributed by atoms with Crippen LogP contribution in [0.3, 0.4) is 0 Å². The molecule has 0 aliphatic carbocycles. The van der Waals surface area contributed by atoms with Crippen molar-refractivity contribution in [2.24, 2.45) is 5.92 Å². The van der Waals surface area contributed by atoms with E-state index in [2.05, 4.69) is 16.4 Å². The van der Waals surface area contributed by atoms with E-state index in [-0.39, 0.29) is 11.5 Å². The van der Waals surface area contributed by atoms with Crippen molar-refractivity contribution >= 4 is 17.0 Å². The number of benzene rings is 2. The number of piperidine rings is 1. The predicted octanol–water partition coefficient (Wildman–Crippen LogP) is 3.70. The van der Waals surface area contributed by atoms with Crippen LogP contribution in [0.5, 0.6) is 0 Å². The molecule has 1 aromatic heterocycles. The highest BCUT2D eigenvalue weighted by atomic mass is 16.4. The third-order valence-corrected chi connectivity index (χ3v) is 5.98. The lowest BCUT2D eigenvalue weighted by molar-refractivity contribution is 0.0558. The number of likely N-dealkylation sites (tertiary alicyclic amines) is 1. The number of aromatic carboxylic acids is 1. The van der Waals surface area contributed by atoms with Crippen molar-refractivity contribution in [3.8, 4) is 0 Å². The summed E-state index contributed by atoms with van der Waals surface area (Å²) in [4.78, 5) is 18.4. The van der Waals surface area contributed by atoms with Gasteiger partial charge in [-0.05, 0) is 62.5 Å². The fourth-order valence-corrected chi connectivity index (χ4v) is 4.34. The summed E-state index contributed by atoms with van der Waals surface area (Å²) in [5, 5.41) is 19.9. The maximum Gasteiger partial charge on any atom is 0.335 e. The van der Waals surface area contributed by atoms with Crippen molar-refractivity contribution < 1.29 is 15.0 Å². The van der Waals surface area contributed by atoms with Crippen molar-refractivity contribution in [3.63, 3.8) is 0 Å². The van der Waals surface area contributed by atoms with Gasteiger partial charge in [-0.25, -0.2) is 9.78 Å². The fourth-order valence-electron chi connectivity index (χ4n) is 4.34. The molecular weight excluding hydrogens is 366 g/mol. The molecule has 1 aliphatic heterocycles. The fraction of sp³-hybridized carbons (Fsp3) is 0.391. The minimum Gasteiger partial charge on any atom is -0.478 e. The van der Waals surface area contributed by atoms with Gasteiger partial charge in [0.25, 0.3) is 0 Å². The van der Waals surface area contributed by atoms with Gasteiger partial charge in [0.05, 0.1) is 29.2 Å². The molecule has 6 nitrogen and oxygen atoms in total. The maximum absolute atomic E-state index is 11.2. The highest BCUT2D eigenvalue weighted by Gasteiger charge is 2.27. The van der Waals surface area contributed by atoms with Crippen molar-refractivity contribution in [2.45, 2.75) is 39.0 Å². The van der Waals surface area contributed by atoms with Gasteiger partial charge in [0, 0.05) is 6.54 Å². The van der Waals surface area contributed by atoms with Gasteiger partial charge in [-0.15, -0.1) is 0 Å². The molecule has 1 aliphatic rings. The normalized spacial score (nSPS) is 16.9. The number of aromatic nitrogens is 2. The summed E-state index contributed by atoms with van der Waals surface area (Å²) in [6.07, 6.45) is 1.49. The molecule has 6 heteroatoms. The first-order valence-corrected chi connectivity index (χ1v) is 10.2. The molecule has 29 heavy (non-hydrogen) atoms. The predicted molar refractivity (Wildman–Crippen MR) is 112 cm³/mol. The topological polar surface area (TPSA) is 78.6 Å². The van der Waals surface area contributed by atoms with E-state index in [4.69, 9.17) is 4.98 Å². The van der Waals surface area contributed by atoms with Gasteiger partial charge in [0.1, 0.15) is 5.82 Å². The van der Waals surface area contributed by atoms with Crippen molar-refractivity contribution in [1.82, 2.24) is 14.5 Å². The van der Waals surface area contributed by atoms with Crippen LogP contribution in [0.4, 0.5) is 0 Å². The number of carboxylic acid groups (broad SMARTS) is 1. The first-order valence-electron chi connectivity index (χ1n) is 10.2. The summed E-state index contributed by atoms with van der Waals surface area (Å²) in [6, 6.07) is 15.0. The van der Waals surface area contributed by atoms with Gasteiger partial charge in [-0.1, -0.05) is 30.3 Å². The highest BCUT2D eigenvalue weighted by Crippen LogP contribution is 2.31.